The zero-order valence-electron chi connectivity index (χ0n) is 21.9. The van der Waals surface area contributed by atoms with Gasteiger partial charge in [0.2, 0.25) is 0 Å². The molecule has 0 aliphatic heterocycles. The first-order valence-corrected chi connectivity index (χ1v) is 17.6. The fraction of sp³-hybridized carbons (Fsp3) is 0.615. The first kappa shape index (κ1) is 32.6. The van der Waals surface area contributed by atoms with Crippen molar-refractivity contribution in [2.24, 2.45) is 0 Å². The summed E-state index contributed by atoms with van der Waals surface area (Å²) in [6, 6.07) is 5.46. The molecule has 2 aromatic carbocycles. The maximum Gasteiger partial charge on any atom is 0.297 e. The molecule has 0 aliphatic rings. The highest BCUT2D eigenvalue weighted by atomic mass is 32.2. The third-order valence-electron chi connectivity index (χ3n) is 6.74. The normalized spacial score (nSPS) is 12.8. The number of benzene rings is 2. The van der Waals surface area contributed by atoms with E-state index < -0.39 is 45.0 Å². The minimum atomic E-state index is -5.48. The molecule has 0 radical (unpaired) electrons. The summed E-state index contributed by atoms with van der Waals surface area (Å²) >= 11 is 0. The highest BCUT2D eigenvalue weighted by molar-refractivity contribution is 7.90. The standard InChI is InChI=1S/C26H40O9S3/c1-2-3-4-5-6-7-8-9-10-11-12-13-14-15-19-22-21-18-16-17-20-23(21)25(37(30,31)32)26(38(33,34)35)24(22)36(27,28)29/h16-18,20H,2-15,19H2,1H3,(H,27,28,29)(H,30,31,32)(H,33,34,35). The molecule has 2 aromatic rings. The Morgan fingerprint density at radius 1 is 0.500 bits per heavy atom. The first-order valence-electron chi connectivity index (χ1n) is 13.3. The van der Waals surface area contributed by atoms with Crippen LogP contribution in [0.4, 0.5) is 0 Å². The molecule has 3 N–H and O–H groups in total. The Kier molecular flexibility index (Phi) is 12.6. The highest BCUT2D eigenvalue weighted by Gasteiger charge is 2.37. The average Bonchev–Trinajstić information content (AvgIpc) is 2.81. The van der Waals surface area contributed by atoms with Crippen LogP contribution >= 0.6 is 0 Å². The predicted octanol–water partition coefficient (Wildman–Crippen LogP) is 6.60. The van der Waals surface area contributed by atoms with Crippen LogP contribution in [0.15, 0.2) is 39.0 Å². The molecule has 38 heavy (non-hydrogen) atoms. The highest BCUT2D eigenvalue weighted by Crippen LogP contribution is 2.39. The fourth-order valence-electron chi connectivity index (χ4n) is 4.94. The second-order valence-electron chi connectivity index (χ2n) is 9.78. The van der Waals surface area contributed by atoms with Gasteiger partial charge in [-0.1, -0.05) is 115 Å². The van der Waals surface area contributed by atoms with Crippen LogP contribution in [0.25, 0.3) is 10.8 Å². The lowest BCUT2D eigenvalue weighted by Gasteiger charge is -2.18. The molecule has 0 saturated carbocycles. The van der Waals surface area contributed by atoms with Gasteiger partial charge in [0.1, 0.15) is 14.7 Å². The van der Waals surface area contributed by atoms with E-state index in [2.05, 4.69) is 6.92 Å². The molecule has 0 heterocycles. The molecule has 2 rings (SSSR count). The number of hydrogen-bond donors (Lipinski definition) is 3. The van der Waals surface area contributed by atoms with Crippen molar-refractivity contribution in [1.82, 2.24) is 0 Å². The van der Waals surface area contributed by atoms with Gasteiger partial charge < -0.3 is 0 Å². The zero-order valence-corrected chi connectivity index (χ0v) is 24.4. The maximum absolute atomic E-state index is 12.3. The van der Waals surface area contributed by atoms with Gasteiger partial charge in [-0.25, -0.2) is 0 Å². The number of aryl methyl sites for hydroxylation is 1. The molecule has 216 valence electrons. The third kappa shape index (κ3) is 9.56. The molecule has 0 aromatic heterocycles. The van der Waals surface area contributed by atoms with Crippen molar-refractivity contribution in [3.8, 4) is 0 Å². The van der Waals surface area contributed by atoms with Crippen molar-refractivity contribution in [2.75, 3.05) is 0 Å². The molecule has 12 heteroatoms. The molecule has 0 unspecified atom stereocenters. The molecule has 0 saturated heterocycles. The smallest absolute Gasteiger partial charge is 0.282 e. The van der Waals surface area contributed by atoms with E-state index in [4.69, 9.17) is 0 Å². The van der Waals surface area contributed by atoms with Crippen molar-refractivity contribution in [2.45, 2.75) is 118 Å². The molecule has 9 nitrogen and oxygen atoms in total. The summed E-state index contributed by atoms with van der Waals surface area (Å²) in [6.45, 7) is 2.21. The summed E-state index contributed by atoms with van der Waals surface area (Å²) in [5, 5.41) is -0.217. The van der Waals surface area contributed by atoms with E-state index in [9.17, 15) is 38.9 Å². The second kappa shape index (κ2) is 14.7. The minimum absolute atomic E-state index is 0.0158. The van der Waals surface area contributed by atoms with Crippen LogP contribution in [-0.2, 0) is 36.8 Å². The van der Waals surface area contributed by atoms with E-state index in [-0.39, 0.29) is 22.8 Å². The summed E-state index contributed by atoms with van der Waals surface area (Å²) in [6.07, 6.45) is 15.5. The molecule has 0 spiro atoms. The molecule has 0 amide bonds. The van der Waals surface area contributed by atoms with Gasteiger partial charge in [-0.3, -0.25) is 13.7 Å². The topological polar surface area (TPSA) is 163 Å². The quantitative estimate of drug-likeness (QED) is 0.128. The van der Waals surface area contributed by atoms with Crippen molar-refractivity contribution in [3.05, 3.63) is 29.8 Å². The number of unbranched alkanes of at least 4 members (excludes halogenated alkanes) is 13. The molecule has 0 fully saturated rings. The second-order valence-corrected chi connectivity index (χ2v) is 13.9. The summed E-state index contributed by atoms with van der Waals surface area (Å²) in [7, 11) is -16.1. The van der Waals surface area contributed by atoms with Crippen LogP contribution in [0.5, 0.6) is 0 Å². The van der Waals surface area contributed by atoms with E-state index in [0.29, 0.717) is 12.8 Å². The zero-order chi connectivity index (χ0) is 28.4. The van der Waals surface area contributed by atoms with E-state index in [1.165, 1.54) is 75.6 Å². The van der Waals surface area contributed by atoms with Gasteiger partial charge in [-0.15, -0.1) is 0 Å². The van der Waals surface area contributed by atoms with Gasteiger partial charge in [-0.05, 0) is 23.8 Å². The fourth-order valence-corrected chi connectivity index (χ4v) is 8.62. The Morgan fingerprint density at radius 3 is 1.26 bits per heavy atom. The van der Waals surface area contributed by atoms with E-state index in [1.807, 2.05) is 0 Å². The molecular formula is C26H40O9S3. The van der Waals surface area contributed by atoms with Crippen molar-refractivity contribution >= 4 is 41.1 Å². The van der Waals surface area contributed by atoms with Gasteiger partial charge in [0.05, 0.1) is 0 Å². The number of rotatable bonds is 18. The third-order valence-corrected chi connectivity index (χ3v) is 9.83. The van der Waals surface area contributed by atoms with Crippen LogP contribution in [0.2, 0.25) is 0 Å². The predicted molar refractivity (Wildman–Crippen MR) is 147 cm³/mol. The first-order chi connectivity index (χ1) is 17.8. The lowest BCUT2D eigenvalue weighted by atomic mass is 9.98. The maximum atomic E-state index is 12.3. The van der Waals surface area contributed by atoms with Crippen LogP contribution in [0.3, 0.4) is 0 Å². The molecule has 0 aliphatic carbocycles. The summed E-state index contributed by atoms with van der Waals surface area (Å²) < 4.78 is 103. The van der Waals surface area contributed by atoms with E-state index in [1.54, 1.807) is 0 Å². The summed E-state index contributed by atoms with van der Waals surface area (Å²) in [4.78, 5) is -4.05. The van der Waals surface area contributed by atoms with Crippen molar-refractivity contribution in [3.63, 3.8) is 0 Å². The SMILES string of the molecule is CCCCCCCCCCCCCCCCc1c(S(=O)(=O)O)c(S(=O)(=O)O)c(S(=O)(=O)O)c2ccccc12. The Morgan fingerprint density at radius 2 is 0.868 bits per heavy atom. The number of hydrogen-bond acceptors (Lipinski definition) is 6. The van der Waals surface area contributed by atoms with Gasteiger partial charge in [-0.2, -0.15) is 25.3 Å². The van der Waals surface area contributed by atoms with Crippen molar-refractivity contribution < 1.29 is 38.9 Å². The monoisotopic (exact) mass is 592 g/mol. The van der Waals surface area contributed by atoms with Crippen LogP contribution in [-0.4, -0.2) is 38.9 Å². The summed E-state index contributed by atoms with van der Waals surface area (Å²) in [5.74, 6) is 0. The van der Waals surface area contributed by atoms with Gasteiger partial charge >= 0.3 is 0 Å². The van der Waals surface area contributed by atoms with Gasteiger partial charge in [0.25, 0.3) is 30.4 Å². The van der Waals surface area contributed by atoms with Gasteiger partial charge in [0, 0.05) is 5.39 Å². The Bertz CT molecular complexity index is 1380. The molecule has 0 bridgehead atoms. The molecule has 0 atom stereocenters. The minimum Gasteiger partial charge on any atom is -0.282 e. The Hall–Kier alpha value is -1.57. The number of fused-ring (bicyclic) bond motifs is 1. The van der Waals surface area contributed by atoms with Crippen LogP contribution in [0.1, 0.15) is 102 Å². The largest absolute Gasteiger partial charge is 0.297 e. The van der Waals surface area contributed by atoms with E-state index >= 15 is 0 Å². The average molecular weight is 593 g/mol. The Labute approximate surface area is 227 Å². The summed E-state index contributed by atoms with van der Waals surface area (Å²) in [5.41, 5.74) is -0.123. The van der Waals surface area contributed by atoms with Crippen LogP contribution < -0.4 is 0 Å². The molecular weight excluding hydrogens is 552 g/mol. The lowest BCUT2D eigenvalue weighted by molar-refractivity contribution is 0.455. The van der Waals surface area contributed by atoms with Crippen LogP contribution in [0, 0.1) is 0 Å². The lowest BCUT2D eigenvalue weighted by Crippen LogP contribution is -2.17. The van der Waals surface area contributed by atoms with Gasteiger partial charge in [0.15, 0.2) is 0 Å². The van der Waals surface area contributed by atoms with E-state index in [0.717, 1.165) is 25.7 Å². The van der Waals surface area contributed by atoms with Crippen molar-refractivity contribution in [1.29, 1.82) is 0 Å². The Balaban J connectivity index is 2.10.